The maximum absolute atomic E-state index is 9.56. The van der Waals surface area contributed by atoms with Gasteiger partial charge in [0.2, 0.25) is 0 Å². The molecule has 0 spiro atoms. The largest absolute Gasteiger partial charge is 0.394 e. The van der Waals surface area contributed by atoms with Gasteiger partial charge in [0.25, 0.3) is 0 Å². The predicted molar refractivity (Wildman–Crippen MR) is 58.2 cm³/mol. The van der Waals surface area contributed by atoms with Crippen LogP contribution >= 0.6 is 12.6 Å². The van der Waals surface area contributed by atoms with Crippen LogP contribution < -0.4 is 0 Å². The van der Waals surface area contributed by atoms with Gasteiger partial charge in [-0.05, 0) is 12.2 Å². The predicted octanol–water partition coefficient (Wildman–Crippen LogP) is -1.88. The third-order valence-electron chi connectivity index (χ3n) is 2.43. The Morgan fingerprint density at radius 2 is 1.81 bits per heavy atom. The number of hydrogen-bond donors (Lipinski definition) is 5. The molecule has 6 nitrogen and oxygen atoms in total. The number of ether oxygens (including phenoxy) is 2. The third kappa shape index (κ3) is 3.30. The Morgan fingerprint density at radius 3 is 2.38 bits per heavy atom. The molecule has 1 aliphatic heterocycles. The lowest BCUT2D eigenvalue weighted by molar-refractivity contribution is -0.300. The molecule has 1 aliphatic rings. The van der Waals surface area contributed by atoms with Crippen molar-refractivity contribution in [3.05, 3.63) is 0 Å². The zero-order valence-corrected chi connectivity index (χ0v) is 9.66. The van der Waals surface area contributed by atoms with Gasteiger partial charge in [-0.25, -0.2) is 0 Å². The van der Waals surface area contributed by atoms with E-state index in [-0.39, 0.29) is 0 Å². The fraction of sp³-hybridized carbons (Fsp3) is 1.00. The minimum Gasteiger partial charge on any atom is -0.394 e. The Kier molecular flexibility index (Phi) is 5.98. The van der Waals surface area contributed by atoms with Crippen LogP contribution in [0.1, 0.15) is 6.42 Å². The van der Waals surface area contributed by atoms with Gasteiger partial charge in [0.1, 0.15) is 24.4 Å². The summed E-state index contributed by atoms with van der Waals surface area (Å²) in [6.45, 7) is -0.121. The lowest BCUT2D eigenvalue weighted by Crippen LogP contribution is -2.59. The Hall–Kier alpha value is 0.110. The van der Waals surface area contributed by atoms with Gasteiger partial charge in [-0.15, -0.1) is 0 Å². The molecule has 4 N–H and O–H groups in total. The van der Waals surface area contributed by atoms with Gasteiger partial charge in [0, 0.05) is 0 Å². The molecule has 1 rings (SSSR count). The van der Waals surface area contributed by atoms with Crippen molar-refractivity contribution >= 4 is 12.6 Å². The first-order chi connectivity index (χ1) is 7.61. The Morgan fingerprint density at radius 1 is 1.12 bits per heavy atom. The van der Waals surface area contributed by atoms with Crippen LogP contribution in [-0.4, -0.2) is 70.1 Å². The minimum atomic E-state index is -1.38. The van der Waals surface area contributed by atoms with E-state index in [0.717, 1.165) is 0 Å². The molecular weight excluding hydrogens is 236 g/mol. The number of rotatable bonds is 5. The number of aliphatic hydroxyl groups is 4. The Balaban J connectivity index is 2.50. The van der Waals surface area contributed by atoms with E-state index in [1.54, 1.807) is 0 Å². The van der Waals surface area contributed by atoms with Crippen LogP contribution in [0.5, 0.6) is 0 Å². The molecule has 7 heteroatoms. The summed E-state index contributed by atoms with van der Waals surface area (Å²) in [5.74, 6) is 0.636. The molecule has 0 unspecified atom stereocenters. The van der Waals surface area contributed by atoms with E-state index in [1.165, 1.54) is 0 Å². The maximum Gasteiger partial charge on any atom is 0.186 e. The van der Waals surface area contributed by atoms with Crippen molar-refractivity contribution in [3.63, 3.8) is 0 Å². The first kappa shape index (κ1) is 14.2. The molecule has 0 aromatic rings. The van der Waals surface area contributed by atoms with Crippen molar-refractivity contribution in [1.29, 1.82) is 0 Å². The molecule has 96 valence electrons. The highest BCUT2D eigenvalue weighted by Gasteiger charge is 2.43. The van der Waals surface area contributed by atoms with Crippen molar-refractivity contribution < 1.29 is 29.9 Å². The van der Waals surface area contributed by atoms with Gasteiger partial charge < -0.3 is 29.9 Å². The molecule has 1 saturated heterocycles. The van der Waals surface area contributed by atoms with Crippen LogP contribution in [0.2, 0.25) is 0 Å². The summed E-state index contributed by atoms with van der Waals surface area (Å²) < 4.78 is 10.3. The molecule has 16 heavy (non-hydrogen) atoms. The highest BCUT2D eigenvalue weighted by Crippen LogP contribution is 2.21. The summed E-state index contributed by atoms with van der Waals surface area (Å²) in [7, 11) is 0. The lowest BCUT2D eigenvalue weighted by Gasteiger charge is -2.39. The number of thiol groups is 1. The van der Waals surface area contributed by atoms with Gasteiger partial charge in [-0.3, -0.25) is 0 Å². The van der Waals surface area contributed by atoms with E-state index < -0.39 is 37.3 Å². The van der Waals surface area contributed by atoms with Crippen molar-refractivity contribution in [3.8, 4) is 0 Å². The highest BCUT2D eigenvalue weighted by molar-refractivity contribution is 7.80. The smallest absolute Gasteiger partial charge is 0.186 e. The molecule has 5 atom stereocenters. The quantitative estimate of drug-likeness (QED) is 0.291. The van der Waals surface area contributed by atoms with Gasteiger partial charge >= 0.3 is 0 Å². The fourth-order valence-corrected chi connectivity index (χ4v) is 1.60. The first-order valence-electron chi connectivity index (χ1n) is 5.14. The second-order valence-electron chi connectivity index (χ2n) is 3.65. The summed E-state index contributed by atoms with van der Waals surface area (Å²) in [5.41, 5.74) is 0. The number of aliphatic hydroxyl groups excluding tert-OH is 4. The van der Waals surface area contributed by atoms with E-state index in [4.69, 9.17) is 14.6 Å². The zero-order valence-electron chi connectivity index (χ0n) is 8.77. The molecule has 0 bridgehead atoms. The average molecular weight is 254 g/mol. The zero-order chi connectivity index (χ0) is 12.1. The topological polar surface area (TPSA) is 99.4 Å². The Bertz CT molecular complexity index is 202. The van der Waals surface area contributed by atoms with E-state index in [9.17, 15) is 15.3 Å². The summed E-state index contributed by atoms with van der Waals surface area (Å²) in [4.78, 5) is 0. The highest BCUT2D eigenvalue weighted by atomic mass is 32.1. The van der Waals surface area contributed by atoms with Gasteiger partial charge in [-0.1, -0.05) is 0 Å². The van der Waals surface area contributed by atoms with Gasteiger partial charge in [0.05, 0.1) is 13.2 Å². The van der Waals surface area contributed by atoms with Crippen molar-refractivity contribution in [2.75, 3.05) is 19.0 Å². The molecule has 0 aromatic carbocycles. The van der Waals surface area contributed by atoms with Crippen LogP contribution in [0.15, 0.2) is 0 Å². The molecule has 0 saturated carbocycles. The molecule has 1 heterocycles. The van der Waals surface area contributed by atoms with Crippen LogP contribution in [0.4, 0.5) is 0 Å². The van der Waals surface area contributed by atoms with E-state index >= 15 is 0 Å². The van der Waals surface area contributed by atoms with Gasteiger partial charge in [0.15, 0.2) is 6.29 Å². The monoisotopic (exact) mass is 254 g/mol. The van der Waals surface area contributed by atoms with Crippen molar-refractivity contribution in [2.24, 2.45) is 0 Å². The standard InChI is InChI=1S/C9H18O6S/c10-4-5-6(11)7(12)8(13)9(15-5)14-2-1-3-16/h5-13,16H,1-4H2/t5-,6+,7+,8-,9-/m1/s1. The second kappa shape index (κ2) is 6.75. The van der Waals surface area contributed by atoms with Crippen LogP contribution in [0.25, 0.3) is 0 Å². The maximum atomic E-state index is 9.56. The van der Waals surface area contributed by atoms with Crippen molar-refractivity contribution in [1.82, 2.24) is 0 Å². The second-order valence-corrected chi connectivity index (χ2v) is 4.09. The minimum absolute atomic E-state index is 0.326. The molecule has 1 fully saturated rings. The van der Waals surface area contributed by atoms with E-state index in [0.29, 0.717) is 18.8 Å². The first-order valence-corrected chi connectivity index (χ1v) is 5.78. The van der Waals surface area contributed by atoms with Gasteiger partial charge in [-0.2, -0.15) is 12.6 Å². The van der Waals surface area contributed by atoms with Crippen LogP contribution in [0.3, 0.4) is 0 Å². The van der Waals surface area contributed by atoms with Crippen LogP contribution in [-0.2, 0) is 9.47 Å². The summed E-state index contributed by atoms with van der Waals surface area (Å²) in [6.07, 6.45) is -5.32. The Labute approximate surface area is 99.2 Å². The fourth-order valence-electron chi connectivity index (χ4n) is 1.47. The lowest BCUT2D eigenvalue weighted by atomic mass is 9.99. The molecular formula is C9H18O6S. The van der Waals surface area contributed by atoms with E-state index in [1.807, 2.05) is 0 Å². The van der Waals surface area contributed by atoms with E-state index in [2.05, 4.69) is 12.6 Å². The average Bonchev–Trinajstić information content (AvgIpc) is 2.29. The molecule has 0 aliphatic carbocycles. The van der Waals surface area contributed by atoms with Crippen LogP contribution in [0, 0.1) is 0 Å². The number of hydrogen-bond acceptors (Lipinski definition) is 7. The molecule has 0 aromatic heterocycles. The summed E-state index contributed by atoms with van der Waals surface area (Å²) in [6, 6.07) is 0. The summed E-state index contributed by atoms with van der Waals surface area (Å²) >= 11 is 4.00. The molecule has 0 radical (unpaired) electrons. The third-order valence-corrected chi connectivity index (χ3v) is 2.75. The summed E-state index contributed by atoms with van der Waals surface area (Å²) in [5, 5.41) is 37.4. The van der Waals surface area contributed by atoms with Crippen molar-refractivity contribution in [2.45, 2.75) is 37.1 Å². The SMILES string of the molecule is OC[C@H]1O[C@@H](OCCCS)[C@H](O)[C@@H](O)[C@H]1O. The molecule has 0 amide bonds. The normalized spacial score (nSPS) is 39.9.